The molecule has 4 aromatic rings. The van der Waals surface area contributed by atoms with Crippen LogP contribution < -0.4 is 14.0 Å². The number of aliphatic carboxylic acids is 2. The molecule has 38 heavy (non-hydrogen) atoms. The third kappa shape index (κ3) is 8.69. The predicted octanol–water partition coefficient (Wildman–Crippen LogP) is 6.64. The maximum atomic E-state index is 10.9. The van der Waals surface area contributed by atoms with Crippen molar-refractivity contribution in [3.05, 3.63) is 116 Å². The molecule has 0 atom stereocenters. The number of carboxylic acid groups (broad SMARTS) is 2. The van der Waals surface area contributed by atoms with Crippen molar-refractivity contribution in [3.63, 3.8) is 0 Å². The number of halogens is 4. The van der Waals surface area contributed by atoms with E-state index in [9.17, 15) is 9.59 Å². The van der Waals surface area contributed by atoms with E-state index in [1.54, 1.807) is 54.6 Å². The molecule has 0 aliphatic heterocycles. The molecule has 4 aromatic carbocycles. The summed E-state index contributed by atoms with van der Waals surface area (Å²) in [5.41, 5.74) is 2.75. The van der Waals surface area contributed by atoms with E-state index in [1.165, 1.54) is 0 Å². The Morgan fingerprint density at radius 3 is 1.68 bits per heavy atom. The second kappa shape index (κ2) is 14.5. The van der Waals surface area contributed by atoms with Crippen molar-refractivity contribution in [1.29, 1.82) is 0 Å². The van der Waals surface area contributed by atoms with Crippen LogP contribution in [0.25, 0.3) is 0 Å². The Morgan fingerprint density at radius 2 is 1.11 bits per heavy atom. The van der Waals surface area contributed by atoms with Crippen LogP contribution in [0.3, 0.4) is 0 Å². The van der Waals surface area contributed by atoms with Gasteiger partial charge in [0.25, 0.3) is 0 Å². The summed E-state index contributed by atoms with van der Waals surface area (Å²) in [5.74, 6) is -1.72. The normalized spacial score (nSPS) is 10.6. The van der Waals surface area contributed by atoms with Crippen molar-refractivity contribution >= 4 is 94.2 Å². The number of anilines is 2. The Bertz CT molecular complexity index is 1300. The molecule has 0 aromatic heterocycles. The Labute approximate surface area is 247 Å². The van der Waals surface area contributed by atoms with Gasteiger partial charge in [-0.3, -0.25) is 4.79 Å². The summed E-state index contributed by atoms with van der Waals surface area (Å²) >= 11 is 24.0. The molecule has 0 aliphatic carbocycles. The standard InChI is InChI=1S/C14H10AsCl2O2.C14H11Cl2NO2/c16-11-6-3-7-12(17)14(11)15-10-5-2-1-4-9(10)8-13(18)19;15-10-5-3-6-11(16)14(10)17-12-7-2-1-4-9(12)8-13(18)19/h1-7H,8H2,(H,18,19);1-7,17H,8H2,(H,18,19). The molecule has 4 rings (SSSR count). The van der Waals surface area contributed by atoms with Gasteiger partial charge in [0.05, 0.1) is 22.2 Å². The molecular formula is C28H21AsCl4NO4. The van der Waals surface area contributed by atoms with Crippen LogP contribution in [-0.4, -0.2) is 37.9 Å². The van der Waals surface area contributed by atoms with Gasteiger partial charge in [0.1, 0.15) is 0 Å². The second-order valence-corrected chi connectivity index (χ2v) is 11.9. The zero-order valence-corrected chi connectivity index (χ0v) is 24.6. The predicted molar refractivity (Wildman–Crippen MR) is 157 cm³/mol. The average molecular weight is 652 g/mol. The number of carboxylic acids is 2. The van der Waals surface area contributed by atoms with Crippen LogP contribution >= 0.6 is 46.4 Å². The minimum absolute atomic E-state index is 0.0217. The van der Waals surface area contributed by atoms with Crippen LogP contribution in [0.2, 0.25) is 20.1 Å². The molecule has 0 saturated carbocycles. The van der Waals surface area contributed by atoms with Crippen molar-refractivity contribution in [2.75, 3.05) is 5.32 Å². The summed E-state index contributed by atoms with van der Waals surface area (Å²) < 4.78 is 1.94. The van der Waals surface area contributed by atoms with Gasteiger partial charge in [0, 0.05) is 5.69 Å². The van der Waals surface area contributed by atoms with Crippen LogP contribution in [-0.2, 0) is 22.4 Å². The van der Waals surface area contributed by atoms with Gasteiger partial charge < -0.3 is 10.4 Å². The van der Waals surface area contributed by atoms with Gasteiger partial charge in [-0.05, 0) is 23.8 Å². The number of nitrogens with one attached hydrogen (secondary N) is 1. The van der Waals surface area contributed by atoms with Gasteiger partial charge in [-0.1, -0.05) is 47.5 Å². The topological polar surface area (TPSA) is 86.6 Å². The van der Waals surface area contributed by atoms with Crippen molar-refractivity contribution in [3.8, 4) is 0 Å². The van der Waals surface area contributed by atoms with E-state index in [-0.39, 0.29) is 12.8 Å². The molecule has 0 unspecified atom stereocenters. The molecule has 0 aliphatic rings. The SMILES string of the molecule is O=C(O)Cc1ccccc1Nc1c(Cl)cccc1Cl.O=C(O)Cc1ccccc1[As]c1c(Cl)cccc1Cl. The van der Waals surface area contributed by atoms with E-state index in [0.717, 1.165) is 14.3 Å². The number of benzene rings is 4. The maximum absolute atomic E-state index is 10.9. The Morgan fingerprint density at radius 1 is 0.632 bits per heavy atom. The van der Waals surface area contributed by atoms with E-state index in [1.807, 2.05) is 30.3 Å². The van der Waals surface area contributed by atoms with Gasteiger partial charge in [-0.25, -0.2) is 0 Å². The number of hydrogen-bond acceptors (Lipinski definition) is 3. The number of rotatable bonds is 8. The Kier molecular flexibility index (Phi) is 11.4. The monoisotopic (exact) mass is 650 g/mol. The number of carbonyl (C=O) groups is 2. The van der Waals surface area contributed by atoms with Gasteiger partial charge in [0.15, 0.2) is 0 Å². The minimum atomic E-state index is -0.889. The van der Waals surface area contributed by atoms with E-state index in [2.05, 4.69) is 5.32 Å². The second-order valence-electron chi connectivity index (χ2n) is 7.83. The summed E-state index contributed by atoms with van der Waals surface area (Å²) in [6.07, 6.45) is -0.0425. The van der Waals surface area contributed by atoms with E-state index < -0.39 is 27.7 Å². The summed E-state index contributed by atoms with van der Waals surface area (Å²) in [6, 6.07) is 25.3. The third-order valence-electron chi connectivity index (χ3n) is 5.08. The first-order valence-corrected chi connectivity index (χ1v) is 14.5. The zero-order valence-electron chi connectivity index (χ0n) is 19.7. The molecule has 10 heteroatoms. The van der Waals surface area contributed by atoms with Gasteiger partial charge in [-0.2, -0.15) is 0 Å². The zero-order chi connectivity index (χ0) is 27.7. The van der Waals surface area contributed by atoms with Gasteiger partial charge >= 0.3 is 134 Å². The fourth-order valence-electron chi connectivity index (χ4n) is 3.36. The van der Waals surface area contributed by atoms with Crippen LogP contribution in [0.15, 0.2) is 84.9 Å². The molecule has 0 spiro atoms. The fraction of sp³-hybridized carbons (Fsp3) is 0.0714. The van der Waals surface area contributed by atoms with Crippen LogP contribution in [0, 0.1) is 0 Å². The molecule has 0 amide bonds. The number of hydrogen-bond donors (Lipinski definition) is 3. The molecule has 0 saturated heterocycles. The summed E-state index contributed by atoms with van der Waals surface area (Å²) in [5, 5.41) is 23.1. The van der Waals surface area contributed by atoms with Crippen molar-refractivity contribution < 1.29 is 19.8 Å². The third-order valence-corrected chi connectivity index (χ3v) is 9.82. The first kappa shape index (κ1) is 29.9. The molecular weight excluding hydrogens is 631 g/mol. The van der Waals surface area contributed by atoms with Crippen LogP contribution in [0.4, 0.5) is 11.4 Å². The van der Waals surface area contributed by atoms with E-state index >= 15 is 0 Å². The Balaban J connectivity index is 0.000000211. The molecule has 0 fully saturated rings. The van der Waals surface area contributed by atoms with Crippen LogP contribution in [0.5, 0.6) is 0 Å². The summed E-state index contributed by atoms with van der Waals surface area (Å²) in [7, 11) is 0. The van der Waals surface area contributed by atoms with Crippen molar-refractivity contribution in [2.45, 2.75) is 12.8 Å². The number of para-hydroxylation sites is 2. The van der Waals surface area contributed by atoms with Gasteiger partial charge in [-0.15, -0.1) is 0 Å². The van der Waals surface area contributed by atoms with E-state index in [0.29, 0.717) is 37.0 Å². The molecule has 1 radical (unpaired) electrons. The molecule has 5 nitrogen and oxygen atoms in total. The molecule has 3 N–H and O–H groups in total. The van der Waals surface area contributed by atoms with Crippen molar-refractivity contribution in [1.82, 2.24) is 0 Å². The summed E-state index contributed by atoms with van der Waals surface area (Å²) in [4.78, 5) is 21.7. The molecule has 195 valence electrons. The average Bonchev–Trinajstić information content (AvgIpc) is 2.86. The van der Waals surface area contributed by atoms with Crippen LogP contribution in [0.1, 0.15) is 11.1 Å². The first-order chi connectivity index (χ1) is 18.2. The van der Waals surface area contributed by atoms with Gasteiger partial charge in [0.2, 0.25) is 0 Å². The molecule has 0 heterocycles. The van der Waals surface area contributed by atoms with Crippen molar-refractivity contribution in [2.24, 2.45) is 0 Å². The fourth-order valence-corrected chi connectivity index (χ4v) is 6.92. The molecule has 0 bridgehead atoms. The first-order valence-electron chi connectivity index (χ1n) is 11.1. The Hall–Kier alpha value is -2.66. The summed E-state index contributed by atoms with van der Waals surface area (Å²) in [6.45, 7) is 0. The van der Waals surface area contributed by atoms with E-state index in [4.69, 9.17) is 56.6 Å². The quantitative estimate of drug-likeness (QED) is 0.186.